The number of nitrogens with one attached hydrogen (secondary N) is 1. The minimum atomic E-state index is -0.136. The second-order valence-electron chi connectivity index (χ2n) is 6.67. The Morgan fingerprint density at radius 3 is 2.57 bits per heavy atom. The first-order valence-corrected chi connectivity index (χ1v) is 9.65. The molecule has 1 N–H and O–H groups in total. The third kappa shape index (κ3) is 6.02. The first kappa shape index (κ1) is 18.6. The molecule has 0 spiro atoms. The maximum Gasteiger partial charge on any atom is 0.233 e. The summed E-state index contributed by atoms with van der Waals surface area (Å²) in [7, 11) is 0. The van der Waals surface area contributed by atoms with Crippen LogP contribution >= 0.6 is 23.4 Å². The molecule has 1 aromatic carbocycles. The summed E-state index contributed by atoms with van der Waals surface area (Å²) in [4.78, 5) is 15.9. The Kier molecular flexibility index (Phi) is 7.25. The Balaban J connectivity index is 1.77. The molecule has 1 saturated heterocycles. The predicted molar refractivity (Wildman–Crippen MR) is 99.2 cm³/mol. The van der Waals surface area contributed by atoms with E-state index in [0.29, 0.717) is 17.0 Å². The van der Waals surface area contributed by atoms with Crippen molar-refractivity contribution >= 4 is 29.3 Å². The predicted octanol–water partition coefficient (Wildman–Crippen LogP) is 4.06. The van der Waals surface area contributed by atoms with E-state index < -0.39 is 0 Å². The van der Waals surface area contributed by atoms with Crippen molar-refractivity contribution in [2.75, 3.05) is 19.6 Å². The fraction of sp³-hybridized carbons (Fsp3) is 0.611. The molecule has 1 aliphatic rings. The Morgan fingerprint density at radius 1 is 1.30 bits per heavy atom. The highest BCUT2D eigenvalue weighted by Gasteiger charge is 2.23. The molecule has 23 heavy (non-hydrogen) atoms. The summed E-state index contributed by atoms with van der Waals surface area (Å²) >= 11 is 7.69. The Morgan fingerprint density at radius 2 is 1.96 bits per heavy atom. The monoisotopic (exact) mass is 354 g/mol. The summed E-state index contributed by atoms with van der Waals surface area (Å²) in [6.07, 6.45) is 2.09. The molecule has 1 aliphatic heterocycles. The Bertz CT molecular complexity index is 515. The van der Waals surface area contributed by atoms with E-state index >= 15 is 0 Å². The molecular weight excluding hydrogens is 328 g/mol. The van der Waals surface area contributed by atoms with Crippen LogP contribution in [0.2, 0.25) is 5.02 Å². The Labute approximate surface area is 149 Å². The van der Waals surface area contributed by atoms with Gasteiger partial charge in [0.25, 0.3) is 0 Å². The largest absolute Gasteiger partial charge is 0.352 e. The van der Waals surface area contributed by atoms with Crippen LogP contribution in [0.1, 0.15) is 33.6 Å². The molecule has 1 amide bonds. The van der Waals surface area contributed by atoms with E-state index in [0.717, 1.165) is 37.4 Å². The lowest BCUT2D eigenvalue weighted by atomic mass is 10.0. The topological polar surface area (TPSA) is 32.3 Å². The summed E-state index contributed by atoms with van der Waals surface area (Å²) in [6, 6.07) is 7.98. The lowest BCUT2D eigenvalue weighted by Crippen LogP contribution is -2.47. The standard InChI is InChI=1S/C18H27ClN2OS/c1-13(2)12-21-10-8-15(9-11-21)20-18(22)14(3)23-17-7-5-4-6-16(17)19/h4-7,13-15H,8-12H2,1-3H3,(H,20,22)/t14-/m1/s1. The van der Waals surface area contributed by atoms with Crippen LogP contribution in [0.3, 0.4) is 0 Å². The van der Waals surface area contributed by atoms with E-state index in [1.807, 2.05) is 31.2 Å². The van der Waals surface area contributed by atoms with Gasteiger partial charge in [0.2, 0.25) is 5.91 Å². The van der Waals surface area contributed by atoms with Gasteiger partial charge >= 0.3 is 0 Å². The number of hydrogen-bond donors (Lipinski definition) is 1. The molecule has 1 atom stereocenters. The molecule has 0 saturated carbocycles. The van der Waals surface area contributed by atoms with Crippen molar-refractivity contribution in [1.29, 1.82) is 0 Å². The zero-order valence-electron chi connectivity index (χ0n) is 14.2. The second kappa shape index (κ2) is 8.95. The molecule has 1 heterocycles. The smallest absolute Gasteiger partial charge is 0.233 e. The SMILES string of the molecule is CC(C)CN1CCC(NC(=O)[C@@H](C)Sc2ccccc2Cl)CC1. The summed E-state index contributed by atoms with van der Waals surface area (Å²) in [5, 5.41) is 3.77. The Hall–Kier alpha value is -0.710. The van der Waals surface area contributed by atoms with Gasteiger partial charge in [-0.25, -0.2) is 0 Å². The van der Waals surface area contributed by atoms with E-state index in [1.54, 1.807) is 0 Å². The van der Waals surface area contributed by atoms with Crippen molar-refractivity contribution in [3.8, 4) is 0 Å². The molecular formula is C18H27ClN2OS. The summed E-state index contributed by atoms with van der Waals surface area (Å²) < 4.78 is 0. The first-order chi connectivity index (χ1) is 11.0. The zero-order valence-corrected chi connectivity index (χ0v) is 15.8. The molecule has 0 bridgehead atoms. The molecule has 128 valence electrons. The number of amides is 1. The highest BCUT2D eigenvalue weighted by atomic mass is 35.5. The molecule has 0 radical (unpaired) electrons. The third-order valence-electron chi connectivity index (χ3n) is 4.07. The van der Waals surface area contributed by atoms with Gasteiger partial charge in [0.05, 0.1) is 10.3 Å². The van der Waals surface area contributed by atoms with Crippen LogP contribution < -0.4 is 5.32 Å². The third-order valence-corrected chi connectivity index (χ3v) is 5.69. The molecule has 1 fully saturated rings. The maximum absolute atomic E-state index is 12.4. The highest BCUT2D eigenvalue weighted by molar-refractivity contribution is 8.00. The molecule has 2 rings (SSSR count). The number of carbonyl (C=O) groups excluding carboxylic acids is 1. The van der Waals surface area contributed by atoms with Crippen molar-refractivity contribution in [3.05, 3.63) is 29.3 Å². The highest BCUT2D eigenvalue weighted by Crippen LogP contribution is 2.30. The van der Waals surface area contributed by atoms with Crippen molar-refractivity contribution in [2.24, 2.45) is 5.92 Å². The van der Waals surface area contributed by atoms with Gasteiger partial charge in [-0.2, -0.15) is 0 Å². The first-order valence-electron chi connectivity index (χ1n) is 8.39. The number of nitrogens with zero attached hydrogens (tertiary/aromatic N) is 1. The van der Waals surface area contributed by atoms with Crippen LogP contribution in [0.15, 0.2) is 29.2 Å². The summed E-state index contributed by atoms with van der Waals surface area (Å²) in [6.45, 7) is 9.75. The molecule has 3 nitrogen and oxygen atoms in total. The summed E-state index contributed by atoms with van der Waals surface area (Å²) in [5.41, 5.74) is 0. The van der Waals surface area contributed by atoms with Gasteiger partial charge in [-0.15, -0.1) is 11.8 Å². The van der Waals surface area contributed by atoms with Crippen LogP contribution in [-0.4, -0.2) is 41.7 Å². The fourth-order valence-electron chi connectivity index (χ4n) is 2.88. The van der Waals surface area contributed by atoms with Crippen molar-refractivity contribution in [1.82, 2.24) is 10.2 Å². The number of likely N-dealkylation sites (tertiary alicyclic amines) is 1. The quantitative estimate of drug-likeness (QED) is 0.782. The van der Waals surface area contributed by atoms with Crippen LogP contribution in [0.4, 0.5) is 0 Å². The number of benzene rings is 1. The van der Waals surface area contributed by atoms with Crippen LogP contribution in [0.5, 0.6) is 0 Å². The summed E-state index contributed by atoms with van der Waals surface area (Å²) in [5.74, 6) is 0.811. The van der Waals surface area contributed by atoms with Crippen LogP contribution in [0.25, 0.3) is 0 Å². The molecule has 1 aromatic rings. The molecule has 0 aromatic heterocycles. The van der Waals surface area contributed by atoms with Crippen molar-refractivity contribution < 1.29 is 4.79 Å². The van der Waals surface area contributed by atoms with E-state index in [4.69, 9.17) is 11.6 Å². The van der Waals surface area contributed by atoms with E-state index in [9.17, 15) is 4.79 Å². The zero-order chi connectivity index (χ0) is 16.8. The van der Waals surface area contributed by atoms with Crippen LogP contribution in [0, 0.1) is 5.92 Å². The van der Waals surface area contributed by atoms with Gasteiger partial charge in [0, 0.05) is 30.6 Å². The lowest BCUT2D eigenvalue weighted by molar-refractivity contribution is -0.121. The van der Waals surface area contributed by atoms with Gasteiger partial charge in [-0.05, 0) is 37.8 Å². The number of hydrogen-bond acceptors (Lipinski definition) is 3. The average molecular weight is 355 g/mol. The number of piperidine rings is 1. The molecule has 0 aliphatic carbocycles. The number of thioether (sulfide) groups is 1. The minimum Gasteiger partial charge on any atom is -0.352 e. The van der Waals surface area contributed by atoms with Gasteiger partial charge in [-0.1, -0.05) is 37.6 Å². The van der Waals surface area contributed by atoms with Gasteiger partial charge in [0.1, 0.15) is 0 Å². The second-order valence-corrected chi connectivity index (χ2v) is 8.46. The van der Waals surface area contributed by atoms with Gasteiger partial charge in [0.15, 0.2) is 0 Å². The normalized spacial score (nSPS) is 18.1. The number of rotatable bonds is 6. The number of halogens is 1. The van der Waals surface area contributed by atoms with E-state index in [2.05, 4.69) is 24.1 Å². The van der Waals surface area contributed by atoms with Crippen molar-refractivity contribution in [3.63, 3.8) is 0 Å². The number of carbonyl (C=O) groups is 1. The van der Waals surface area contributed by atoms with Gasteiger partial charge < -0.3 is 10.2 Å². The van der Waals surface area contributed by atoms with Crippen LogP contribution in [-0.2, 0) is 4.79 Å². The molecule has 5 heteroatoms. The molecule has 0 unspecified atom stereocenters. The van der Waals surface area contributed by atoms with E-state index in [1.165, 1.54) is 11.8 Å². The maximum atomic E-state index is 12.4. The van der Waals surface area contributed by atoms with Crippen molar-refractivity contribution in [2.45, 2.75) is 49.8 Å². The van der Waals surface area contributed by atoms with E-state index in [-0.39, 0.29) is 11.2 Å². The average Bonchev–Trinajstić information content (AvgIpc) is 2.51. The lowest BCUT2D eigenvalue weighted by Gasteiger charge is -2.33. The van der Waals surface area contributed by atoms with Gasteiger partial charge in [-0.3, -0.25) is 4.79 Å². The minimum absolute atomic E-state index is 0.109. The fourth-order valence-corrected chi connectivity index (χ4v) is 4.04.